The third kappa shape index (κ3) is 3.37. The number of carbonyl (C=O) groups is 1. The first-order valence-corrected chi connectivity index (χ1v) is 10.8. The average molecular weight is 392 g/mol. The van der Waals surface area contributed by atoms with E-state index in [9.17, 15) is 4.79 Å². The van der Waals surface area contributed by atoms with Gasteiger partial charge in [0.1, 0.15) is 5.82 Å². The molecule has 1 atom stereocenters. The molecule has 4 nitrogen and oxygen atoms in total. The zero-order chi connectivity index (χ0) is 21.0. The Morgan fingerprint density at radius 2 is 1.86 bits per heavy atom. The van der Waals surface area contributed by atoms with Gasteiger partial charge in [-0.1, -0.05) is 57.5 Å². The molecule has 0 N–H and O–H groups in total. The first kappa shape index (κ1) is 20.1. The van der Waals surface area contributed by atoms with Crippen molar-refractivity contribution < 1.29 is 4.79 Å². The summed E-state index contributed by atoms with van der Waals surface area (Å²) in [7, 11) is 0. The fourth-order valence-corrected chi connectivity index (χ4v) is 5.23. The molecule has 0 radical (unpaired) electrons. The molecule has 1 saturated heterocycles. The van der Waals surface area contributed by atoms with Gasteiger partial charge in [-0.25, -0.2) is 9.97 Å². The lowest BCUT2D eigenvalue weighted by Crippen LogP contribution is -2.41. The Balaban J connectivity index is 1.62. The molecule has 1 saturated carbocycles. The summed E-state index contributed by atoms with van der Waals surface area (Å²) >= 11 is 0. The van der Waals surface area contributed by atoms with Crippen LogP contribution in [0.2, 0.25) is 0 Å². The van der Waals surface area contributed by atoms with Gasteiger partial charge in [0.15, 0.2) is 0 Å². The lowest BCUT2D eigenvalue weighted by molar-refractivity contribution is -0.135. The molecule has 1 aromatic heterocycles. The van der Waals surface area contributed by atoms with Crippen molar-refractivity contribution in [2.75, 3.05) is 13.1 Å². The van der Waals surface area contributed by atoms with Gasteiger partial charge in [0, 0.05) is 36.7 Å². The molecule has 0 spiro atoms. The number of aryl methyl sites for hydroxylation is 2. The van der Waals surface area contributed by atoms with Crippen molar-refractivity contribution in [3.63, 3.8) is 0 Å². The van der Waals surface area contributed by atoms with Crippen molar-refractivity contribution in [1.82, 2.24) is 14.9 Å². The summed E-state index contributed by atoms with van der Waals surface area (Å²) in [4.78, 5) is 24.8. The molecule has 1 aliphatic heterocycles. The predicted molar refractivity (Wildman–Crippen MR) is 117 cm³/mol. The third-order valence-corrected chi connectivity index (χ3v) is 7.66. The first-order chi connectivity index (χ1) is 13.6. The van der Waals surface area contributed by atoms with Crippen LogP contribution in [0.3, 0.4) is 0 Å². The normalized spacial score (nSPS) is 23.1. The summed E-state index contributed by atoms with van der Waals surface area (Å²) in [5.74, 6) is 1.50. The Morgan fingerprint density at radius 3 is 2.52 bits per heavy atom. The topological polar surface area (TPSA) is 46.1 Å². The maximum Gasteiger partial charge on any atom is 0.226 e. The molecule has 4 heteroatoms. The molecule has 4 rings (SSSR count). The SMILES string of the molecule is Cc1cccc(-c2cnc(C)nc2[C@@H]2CCCN(C(=O)C3C(C)(C)C3(C)C)C2)c1. The van der Waals surface area contributed by atoms with Gasteiger partial charge in [0.2, 0.25) is 5.91 Å². The molecule has 1 aliphatic carbocycles. The fraction of sp³-hybridized carbons (Fsp3) is 0.560. The molecule has 154 valence electrons. The fourth-order valence-electron chi connectivity index (χ4n) is 5.23. The van der Waals surface area contributed by atoms with Crippen molar-refractivity contribution in [3.05, 3.63) is 47.5 Å². The van der Waals surface area contributed by atoms with E-state index >= 15 is 0 Å². The van der Waals surface area contributed by atoms with Crippen LogP contribution in [0.15, 0.2) is 30.5 Å². The largest absolute Gasteiger partial charge is 0.342 e. The van der Waals surface area contributed by atoms with E-state index in [0.717, 1.165) is 48.6 Å². The number of piperidine rings is 1. The first-order valence-electron chi connectivity index (χ1n) is 10.8. The van der Waals surface area contributed by atoms with E-state index in [1.165, 1.54) is 5.56 Å². The summed E-state index contributed by atoms with van der Waals surface area (Å²) in [5, 5.41) is 0. The molecular formula is C25H33N3O. The molecule has 29 heavy (non-hydrogen) atoms. The van der Waals surface area contributed by atoms with Crippen molar-refractivity contribution in [1.29, 1.82) is 0 Å². The summed E-state index contributed by atoms with van der Waals surface area (Å²) in [6.45, 7) is 14.6. The maximum absolute atomic E-state index is 13.3. The van der Waals surface area contributed by atoms with Crippen LogP contribution < -0.4 is 0 Å². The third-order valence-electron chi connectivity index (χ3n) is 7.66. The van der Waals surface area contributed by atoms with Gasteiger partial charge in [-0.2, -0.15) is 0 Å². The summed E-state index contributed by atoms with van der Waals surface area (Å²) in [5.41, 5.74) is 4.74. The quantitative estimate of drug-likeness (QED) is 0.727. The molecule has 1 amide bonds. The van der Waals surface area contributed by atoms with E-state index in [2.05, 4.69) is 68.8 Å². The smallest absolute Gasteiger partial charge is 0.226 e. The molecule has 2 fully saturated rings. The van der Waals surface area contributed by atoms with Crippen LogP contribution in [0.25, 0.3) is 11.1 Å². The van der Waals surface area contributed by atoms with Gasteiger partial charge in [-0.15, -0.1) is 0 Å². The number of carbonyl (C=O) groups excluding carboxylic acids is 1. The number of amides is 1. The molecule has 1 aromatic carbocycles. The second-order valence-electron chi connectivity index (χ2n) is 10.1. The molecule has 0 unspecified atom stereocenters. The molecule has 2 aliphatic rings. The van der Waals surface area contributed by atoms with E-state index in [1.807, 2.05) is 13.1 Å². The number of hydrogen-bond acceptors (Lipinski definition) is 3. The van der Waals surface area contributed by atoms with E-state index in [0.29, 0.717) is 5.91 Å². The van der Waals surface area contributed by atoms with Gasteiger partial charge < -0.3 is 4.90 Å². The minimum Gasteiger partial charge on any atom is -0.342 e. The minimum atomic E-state index is 0.0786. The Hall–Kier alpha value is -2.23. The van der Waals surface area contributed by atoms with E-state index in [4.69, 9.17) is 4.98 Å². The lowest BCUT2D eigenvalue weighted by Gasteiger charge is -2.34. The van der Waals surface area contributed by atoms with Gasteiger partial charge in [-0.05, 0) is 43.1 Å². The Kier molecular flexibility index (Phi) is 4.79. The number of benzene rings is 1. The number of likely N-dealkylation sites (tertiary alicyclic amines) is 1. The Labute approximate surface area is 174 Å². The summed E-state index contributed by atoms with van der Waals surface area (Å²) < 4.78 is 0. The minimum absolute atomic E-state index is 0.0786. The second-order valence-corrected chi connectivity index (χ2v) is 10.1. The Bertz CT molecular complexity index is 933. The van der Waals surface area contributed by atoms with Crippen LogP contribution in [-0.4, -0.2) is 33.9 Å². The van der Waals surface area contributed by atoms with Gasteiger partial charge >= 0.3 is 0 Å². The monoisotopic (exact) mass is 391 g/mol. The van der Waals surface area contributed by atoms with Crippen LogP contribution in [0.4, 0.5) is 0 Å². The standard InChI is InChI=1S/C25H33N3O/c1-16-9-7-10-18(13-16)20-14-26-17(2)27-21(20)19-11-8-12-28(15-19)23(29)22-24(3,4)25(22,5)6/h7,9-10,13-14,19,22H,8,11-12,15H2,1-6H3/t19-/m1/s1. The number of rotatable bonds is 3. The average Bonchev–Trinajstić information content (AvgIpc) is 3.09. The highest BCUT2D eigenvalue weighted by molar-refractivity contribution is 5.84. The van der Waals surface area contributed by atoms with Crippen molar-refractivity contribution in [2.24, 2.45) is 16.7 Å². The number of hydrogen-bond donors (Lipinski definition) is 0. The molecule has 2 heterocycles. The van der Waals surface area contributed by atoms with Gasteiger partial charge in [0.25, 0.3) is 0 Å². The highest BCUT2D eigenvalue weighted by atomic mass is 16.2. The molecule has 0 bridgehead atoms. The van der Waals surface area contributed by atoms with E-state index in [1.54, 1.807) is 0 Å². The molecular weight excluding hydrogens is 358 g/mol. The van der Waals surface area contributed by atoms with E-state index < -0.39 is 0 Å². The maximum atomic E-state index is 13.3. The molecule has 2 aromatic rings. The van der Waals surface area contributed by atoms with Gasteiger partial charge in [0.05, 0.1) is 5.69 Å². The van der Waals surface area contributed by atoms with Gasteiger partial charge in [-0.3, -0.25) is 4.79 Å². The number of aromatic nitrogens is 2. The lowest BCUT2D eigenvalue weighted by atomic mass is 9.89. The van der Waals surface area contributed by atoms with Crippen molar-refractivity contribution in [3.8, 4) is 11.1 Å². The van der Waals surface area contributed by atoms with Crippen molar-refractivity contribution >= 4 is 5.91 Å². The van der Waals surface area contributed by atoms with Crippen LogP contribution in [0.5, 0.6) is 0 Å². The summed E-state index contributed by atoms with van der Waals surface area (Å²) in [6, 6.07) is 8.52. The second kappa shape index (κ2) is 6.93. The zero-order valence-corrected chi connectivity index (χ0v) is 18.6. The Morgan fingerprint density at radius 1 is 1.14 bits per heavy atom. The van der Waals surface area contributed by atoms with Crippen molar-refractivity contribution in [2.45, 2.75) is 60.3 Å². The highest BCUT2D eigenvalue weighted by Crippen LogP contribution is 2.68. The van der Waals surface area contributed by atoms with Crippen LogP contribution in [0.1, 0.15) is 63.5 Å². The highest BCUT2D eigenvalue weighted by Gasteiger charge is 2.68. The van der Waals surface area contributed by atoms with E-state index in [-0.39, 0.29) is 22.7 Å². The van der Waals surface area contributed by atoms with Crippen LogP contribution in [-0.2, 0) is 4.79 Å². The summed E-state index contributed by atoms with van der Waals surface area (Å²) in [6.07, 6.45) is 4.05. The number of nitrogens with zero attached hydrogens (tertiary/aromatic N) is 3. The van der Waals surface area contributed by atoms with Crippen LogP contribution >= 0.6 is 0 Å². The van der Waals surface area contributed by atoms with Crippen LogP contribution in [0, 0.1) is 30.6 Å². The zero-order valence-electron chi connectivity index (χ0n) is 18.6. The predicted octanol–water partition coefficient (Wildman–Crippen LogP) is 5.15.